The van der Waals surface area contributed by atoms with Crippen molar-refractivity contribution in [1.82, 2.24) is 0 Å². The van der Waals surface area contributed by atoms with Crippen molar-refractivity contribution in [2.75, 3.05) is 13.2 Å². The quantitative estimate of drug-likeness (QED) is 0.735. The van der Waals surface area contributed by atoms with Crippen LogP contribution in [0.3, 0.4) is 0 Å². The van der Waals surface area contributed by atoms with Crippen molar-refractivity contribution in [2.24, 2.45) is 22.7 Å². The lowest BCUT2D eigenvalue weighted by Crippen LogP contribution is -2.51. The Morgan fingerprint density at radius 1 is 1.32 bits per heavy atom. The molecule has 22 heavy (non-hydrogen) atoms. The SMILES string of the molecule is C=C1CC[C@@H]2[C@](C)(CO)CCC[C@]2(C)[C@@H]1CCC(C)=CCO. The van der Waals surface area contributed by atoms with E-state index in [-0.39, 0.29) is 17.4 Å². The van der Waals surface area contributed by atoms with Crippen LogP contribution in [0.2, 0.25) is 0 Å². The van der Waals surface area contributed by atoms with Gasteiger partial charge in [-0.05, 0) is 68.1 Å². The molecule has 0 aromatic carbocycles. The highest BCUT2D eigenvalue weighted by molar-refractivity contribution is 5.17. The van der Waals surface area contributed by atoms with Crippen LogP contribution in [-0.2, 0) is 0 Å². The summed E-state index contributed by atoms with van der Waals surface area (Å²) < 4.78 is 0. The van der Waals surface area contributed by atoms with Gasteiger partial charge in [0.1, 0.15) is 0 Å². The van der Waals surface area contributed by atoms with Gasteiger partial charge in [0.2, 0.25) is 0 Å². The summed E-state index contributed by atoms with van der Waals surface area (Å²) in [6, 6.07) is 0. The summed E-state index contributed by atoms with van der Waals surface area (Å²) in [4.78, 5) is 0. The Hall–Kier alpha value is -0.600. The van der Waals surface area contributed by atoms with Gasteiger partial charge in [0.25, 0.3) is 0 Å². The van der Waals surface area contributed by atoms with E-state index in [0.717, 1.165) is 25.7 Å². The van der Waals surface area contributed by atoms with Crippen LogP contribution >= 0.6 is 0 Å². The van der Waals surface area contributed by atoms with E-state index < -0.39 is 0 Å². The molecule has 0 aromatic heterocycles. The van der Waals surface area contributed by atoms with Crippen LogP contribution in [0.1, 0.15) is 65.7 Å². The standard InChI is InChI=1S/C20H34O2/c1-15(10-13-21)6-8-17-16(2)7-9-18-19(3,14-22)11-5-12-20(17,18)4/h10,17-18,21-22H,2,5-9,11-14H2,1,3-4H3/t17-,18-,19+,20-/m1/s1. The molecule has 0 aromatic rings. The van der Waals surface area contributed by atoms with E-state index in [1.807, 2.05) is 6.08 Å². The second-order valence-corrected chi connectivity index (χ2v) is 8.25. The first-order valence-corrected chi connectivity index (χ1v) is 8.92. The molecular formula is C20H34O2. The first-order valence-electron chi connectivity index (χ1n) is 8.92. The summed E-state index contributed by atoms with van der Waals surface area (Å²) in [5.41, 5.74) is 3.06. The van der Waals surface area contributed by atoms with Crippen molar-refractivity contribution >= 4 is 0 Å². The van der Waals surface area contributed by atoms with Crippen molar-refractivity contribution in [2.45, 2.75) is 65.7 Å². The number of hydrogen-bond acceptors (Lipinski definition) is 2. The molecule has 0 heterocycles. The van der Waals surface area contributed by atoms with Crippen molar-refractivity contribution in [3.8, 4) is 0 Å². The molecule has 0 aliphatic heterocycles. The predicted octanol–water partition coefficient (Wildman–Crippen LogP) is 4.48. The summed E-state index contributed by atoms with van der Waals surface area (Å²) in [5.74, 6) is 1.16. The smallest absolute Gasteiger partial charge is 0.0614 e. The fraction of sp³-hybridized carbons (Fsp3) is 0.800. The van der Waals surface area contributed by atoms with Gasteiger partial charge in [0.15, 0.2) is 0 Å². The summed E-state index contributed by atoms with van der Waals surface area (Å²) in [6.07, 6.45) is 10.0. The third-order valence-electron chi connectivity index (χ3n) is 6.77. The number of aliphatic hydroxyl groups excluding tert-OH is 2. The van der Waals surface area contributed by atoms with Gasteiger partial charge in [-0.25, -0.2) is 0 Å². The highest BCUT2D eigenvalue weighted by atomic mass is 16.3. The zero-order valence-electron chi connectivity index (χ0n) is 14.7. The van der Waals surface area contributed by atoms with Crippen molar-refractivity contribution in [1.29, 1.82) is 0 Å². The molecular weight excluding hydrogens is 272 g/mol. The lowest BCUT2D eigenvalue weighted by molar-refractivity contribution is -0.0858. The second kappa shape index (κ2) is 6.88. The second-order valence-electron chi connectivity index (χ2n) is 8.25. The van der Waals surface area contributed by atoms with Crippen LogP contribution in [0.15, 0.2) is 23.8 Å². The van der Waals surface area contributed by atoms with Crippen LogP contribution in [0.4, 0.5) is 0 Å². The topological polar surface area (TPSA) is 40.5 Å². The van der Waals surface area contributed by atoms with Crippen molar-refractivity contribution < 1.29 is 10.2 Å². The van der Waals surface area contributed by atoms with E-state index in [0.29, 0.717) is 18.4 Å². The highest BCUT2D eigenvalue weighted by Gasteiger charge is 2.53. The van der Waals surface area contributed by atoms with Gasteiger partial charge in [-0.1, -0.05) is 44.1 Å². The Morgan fingerprint density at radius 2 is 2.05 bits per heavy atom. The van der Waals surface area contributed by atoms with Gasteiger partial charge in [0, 0.05) is 6.61 Å². The van der Waals surface area contributed by atoms with Crippen LogP contribution in [0.25, 0.3) is 0 Å². The number of aliphatic hydroxyl groups is 2. The lowest BCUT2D eigenvalue weighted by Gasteiger charge is -2.58. The van der Waals surface area contributed by atoms with Crippen LogP contribution in [-0.4, -0.2) is 23.4 Å². The summed E-state index contributed by atoms with van der Waals surface area (Å²) in [5, 5.41) is 19.0. The fourth-order valence-corrected chi connectivity index (χ4v) is 5.44. The zero-order chi connectivity index (χ0) is 16.4. The highest BCUT2D eigenvalue weighted by Crippen LogP contribution is 2.61. The first-order chi connectivity index (χ1) is 10.4. The van der Waals surface area contributed by atoms with E-state index in [1.165, 1.54) is 30.4 Å². The number of rotatable bonds is 5. The van der Waals surface area contributed by atoms with Crippen LogP contribution in [0, 0.1) is 22.7 Å². The summed E-state index contributed by atoms with van der Waals surface area (Å²) in [6.45, 7) is 11.7. The third-order valence-corrected chi connectivity index (χ3v) is 6.77. The van der Waals surface area contributed by atoms with Gasteiger partial charge >= 0.3 is 0 Å². The number of hydrogen-bond donors (Lipinski definition) is 2. The first kappa shape index (κ1) is 17.7. The molecule has 2 N–H and O–H groups in total. The molecule has 2 fully saturated rings. The average Bonchev–Trinajstić information content (AvgIpc) is 2.46. The minimum Gasteiger partial charge on any atom is -0.396 e. The normalized spacial score (nSPS) is 39.7. The van der Waals surface area contributed by atoms with E-state index >= 15 is 0 Å². The molecule has 0 spiro atoms. The molecule has 2 rings (SSSR count). The Labute approximate surface area is 136 Å². The van der Waals surface area contributed by atoms with E-state index in [4.69, 9.17) is 5.11 Å². The van der Waals surface area contributed by atoms with E-state index in [2.05, 4.69) is 27.4 Å². The van der Waals surface area contributed by atoms with Crippen LogP contribution < -0.4 is 0 Å². The molecule has 0 unspecified atom stereocenters. The predicted molar refractivity (Wildman–Crippen MR) is 92.6 cm³/mol. The van der Waals surface area contributed by atoms with Gasteiger partial charge in [-0.15, -0.1) is 0 Å². The van der Waals surface area contributed by atoms with Gasteiger partial charge in [0.05, 0.1) is 6.61 Å². The third kappa shape index (κ3) is 3.19. The minimum absolute atomic E-state index is 0.0853. The van der Waals surface area contributed by atoms with Crippen LogP contribution in [0.5, 0.6) is 0 Å². The molecule has 2 aliphatic carbocycles. The molecule has 0 radical (unpaired) electrons. The fourth-order valence-electron chi connectivity index (χ4n) is 5.44. The number of fused-ring (bicyclic) bond motifs is 1. The molecule has 126 valence electrons. The van der Waals surface area contributed by atoms with Crippen molar-refractivity contribution in [3.05, 3.63) is 23.8 Å². The monoisotopic (exact) mass is 306 g/mol. The Morgan fingerprint density at radius 3 is 2.68 bits per heavy atom. The maximum atomic E-state index is 9.98. The van der Waals surface area contributed by atoms with Gasteiger partial charge in [-0.2, -0.15) is 0 Å². The maximum absolute atomic E-state index is 9.98. The van der Waals surface area contributed by atoms with E-state index in [1.54, 1.807) is 0 Å². The Balaban J connectivity index is 2.20. The molecule has 0 amide bonds. The molecule has 4 atom stereocenters. The molecule has 2 nitrogen and oxygen atoms in total. The van der Waals surface area contributed by atoms with Gasteiger partial charge < -0.3 is 10.2 Å². The zero-order valence-corrected chi connectivity index (χ0v) is 14.7. The van der Waals surface area contributed by atoms with E-state index in [9.17, 15) is 5.11 Å². The molecule has 0 saturated heterocycles. The minimum atomic E-state index is 0.0853. The number of allylic oxidation sites excluding steroid dienone is 2. The molecule has 0 bridgehead atoms. The lowest BCUT2D eigenvalue weighted by atomic mass is 9.47. The molecule has 2 saturated carbocycles. The largest absolute Gasteiger partial charge is 0.396 e. The Kier molecular flexibility index (Phi) is 5.55. The Bertz CT molecular complexity index is 439. The summed E-state index contributed by atoms with van der Waals surface area (Å²) >= 11 is 0. The maximum Gasteiger partial charge on any atom is 0.0614 e. The molecule has 2 heteroatoms. The summed E-state index contributed by atoms with van der Waals surface area (Å²) in [7, 11) is 0. The average molecular weight is 306 g/mol. The molecule has 2 aliphatic rings. The van der Waals surface area contributed by atoms with Crippen molar-refractivity contribution in [3.63, 3.8) is 0 Å². The van der Waals surface area contributed by atoms with Gasteiger partial charge in [-0.3, -0.25) is 0 Å².